The standard InChI is InChI=1S/C21H15Cl3N2O3/c22-14-6-9-19(17(24)10-14)29-12-20(27)25-15-7-8-18(16(23)11-15)26-21(28)13-4-2-1-3-5-13/h1-11H,12H2,(H,25,27)(H,26,28). The van der Waals surface area contributed by atoms with E-state index in [4.69, 9.17) is 39.5 Å². The fourth-order valence-corrected chi connectivity index (χ4v) is 3.10. The van der Waals surface area contributed by atoms with Gasteiger partial charge in [-0.25, -0.2) is 0 Å². The molecule has 0 unspecified atom stereocenters. The fourth-order valence-electron chi connectivity index (χ4n) is 2.41. The lowest BCUT2D eigenvalue weighted by atomic mass is 10.2. The molecule has 0 radical (unpaired) electrons. The average molecular weight is 450 g/mol. The van der Waals surface area contributed by atoms with Crippen LogP contribution >= 0.6 is 34.8 Å². The second-order valence-corrected chi connectivity index (χ2v) is 7.18. The lowest BCUT2D eigenvalue weighted by Gasteiger charge is -2.11. The van der Waals surface area contributed by atoms with Crippen molar-refractivity contribution in [2.45, 2.75) is 0 Å². The van der Waals surface area contributed by atoms with Crippen LogP contribution in [0.3, 0.4) is 0 Å². The molecule has 8 heteroatoms. The van der Waals surface area contributed by atoms with Crippen molar-refractivity contribution >= 4 is 58.0 Å². The van der Waals surface area contributed by atoms with Crippen LogP contribution in [0, 0.1) is 0 Å². The van der Waals surface area contributed by atoms with E-state index < -0.39 is 5.91 Å². The molecule has 3 aromatic carbocycles. The van der Waals surface area contributed by atoms with Crippen molar-refractivity contribution in [2.75, 3.05) is 17.2 Å². The van der Waals surface area contributed by atoms with E-state index in [2.05, 4.69) is 10.6 Å². The normalized spacial score (nSPS) is 10.3. The summed E-state index contributed by atoms with van der Waals surface area (Å²) in [6, 6.07) is 18.3. The minimum Gasteiger partial charge on any atom is -0.482 e. The van der Waals surface area contributed by atoms with Gasteiger partial charge in [-0.3, -0.25) is 9.59 Å². The summed E-state index contributed by atoms with van der Waals surface area (Å²) in [7, 11) is 0. The first-order valence-corrected chi connectivity index (χ1v) is 9.59. The monoisotopic (exact) mass is 448 g/mol. The van der Waals surface area contributed by atoms with E-state index in [1.807, 2.05) is 6.07 Å². The number of ether oxygens (including phenoxy) is 1. The maximum absolute atomic E-state index is 12.2. The molecular formula is C21H15Cl3N2O3. The summed E-state index contributed by atoms with van der Waals surface area (Å²) < 4.78 is 5.39. The molecule has 0 aliphatic carbocycles. The van der Waals surface area contributed by atoms with E-state index in [-0.39, 0.29) is 17.5 Å². The second-order valence-electron chi connectivity index (χ2n) is 5.93. The zero-order chi connectivity index (χ0) is 20.8. The van der Waals surface area contributed by atoms with Gasteiger partial charge in [-0.15, -0.1) is 0 Å². The molecule has 5 nitrogen and oxygen atoms in total. The Kier molecular flexibility index (Phi) is 6.99. The van der Waals surface area contributed by atoms with E-state index in [0.29, 0.717) is 32.7 Å². The Morgan fingerprint density at radius 2 is 1.59 bits per heavy atom. The molecule has 0 fully saturated rings. The smallest absolute Gasteiger partial charge is 0.262 e. The molecule has 148 valence electrons. The second kappa shape index (κ2) is 9.65. The minimum absolute atomic E-state index is 0.245. The summed E-state index contributed by atoms with van der Waals surface area (Å²) in [5.74, 6) is -0.325. The van der Waals surface area contributed by atoms with Gasteiger partial charge in [0.1, 0.15) is 5.75 Å². The van der Waals surface area contributed by atoms with Gasteiger partial charge in [0.15, 0.2) is 6.61 Å². The number of carbonyl (C=O) groups excluding carboxylic acids is 2. The Balaban J connectivity index is 1.58. The van der Waals surface area contributed by atoms with Gasteiger partial charge < -0.3 is 15.4 Å². The summed E-state index contributed by atoms with van der Waals surface area (Å²) in [5.41, 5.74) is 1.41. The van der Waals surface area contributed by atoms with E-state index in [0.717, 1.165) is 0 Å². The highest BCUT2D eigenvalue weighted by Crippen LogP contribution is 2.28. The predicted octanol–water partition coefficient (Wildman–Crippen LogP) is 5.92. The molecule has 29 heavy (non-hydrogen) atoms. The van der Waals surface area contributed by atoms with Gasteiger partial charge in [0.2, 0.25) is 0 Å². The van der Waals surface area contributed by atoms with Crippen LogP contribution in [0.4, 0.5) is 11.4 Å². The summed E-state index contributed by atoms with van der Waals surface area (Å²) in [6.07, 6.45) is 0. The fraction of sp³-hybridized carbons (Fsp3) is 0.0476. The molecule has 0 saturated heterocycles. The molecule has 2 amide bonds. The number of hydrogen-bond acceptors (Lipinski definition) is 3. The number of hydrogen-bond donors (Lipinski definition) is 2. The van der Waals surface area contributed by atoms with Crippen LogP contribution < -0.4 is 15.4 Å². The van der Waals surface area contributed by atoms with Crippen LogP contribution in [0.1, 0.15) is 10.4 Å². The van der Waals surface area contributed by atoms with Gasteiger partial charge in [0.05, 0.1) is 15.7 Å². The Morgan fingerprint density at radius 3 is 2.28 bits per heavy atom. The van der Waals surface area contributed by atoms with Crippen LogP contribution in [0.2, 0.25) is 15.1 Å². The summed E-state index contributed by atoms with van der Waals surface area (Å²) in [6.45, 7) is -0.245. The van der Waals surface area contributed by atoms with Crippen molar-refractivity contribution in [2.24, 2.45) is 0 Å². The van der Waals surface area contributed by atoms with Gasteiger partial charge in [-0.1, -0.05) is 53.0 Å². The van der Waals surface area contributed by atoms with Crippen LogP contribution in [-0.2, 0) is 4.79 Å². The third-order valence-corrected chi connectivity index (χ3v) is 4.63. The first kappa shape index (κ1) is 21.0. The summed E-state index contributed by atoms with van der Waals surface area (Å²) in [5, 5.41) is 6.47. The molecular weight excluding hydrogens is 435 g/mol. The van der Waals surface area contributed by atoms with Gasteiger partial charge in [-0.05, 0) is 48.5 Å². The molecule has 0 aromatic heterocycles. The quantitative estimate of drug-likeness (QED) is 0.491. The number of halogens is 3. The molecule has 0 heterocycles. The lowest BCUT2D eigenvalue weighted by Crippen LogP contribution is -2.20. The molecule has 0 aliphatic rings. The van der Waals surface area contributed by atoms with Crippen LogP contribution in [0.5, 0.6) is 5.75 Å². The lowest BCUT2D eigenvalue weighted by molar-refractivity contribution is -0.118. The van der Waals surface area contributed by atoms with E-state index in [1.54, 1.807) is 48.5 Å². The zero-order valence-electron chi connectivity index (χ0n) is 14.9. The van der Waals surface area contributed by atoms with Crippen molar-refractivity contribution in [1.29, 1.82) is 0 Å². The maximum atomic E-state index is 12.2. The highest BCUT2D eigenvalue weighted by molar-refractivity contribution is 6.35. The molecule has 0 atom stereocenters. The van der Waals surface area contributed by atoms with Gasteiger partial charge >= 0.3 is 0 Å². The highest BCUT2D eigenvalue weighted by Gasteiger charge is 2.11. The van der Waals surface area contributed by atoms with Gasteiger partial charge in [0, 0.05) is 16.3 Å². The summed E-state index contributed by atoms with van der Waals surface area (Å²) >= 11 is 18.1. The van der Waals surface area contributed by atoms with Crippen LogP contribution in [-0.4, -0.2) is 18.4 Å². The van der Waals surface area contributed by atoms with Crippen LogP contribution in [0.15, 0.2) is 66.7 Å². The molecule has 0 aliphatic heterocycles. The topological polar surface area (TPSA) is 67.4 Å². The summed E-state index contributed by atoms with van der Waals surface area (Å²) in [4.78, 5) is 24.3. The van der Waals surface area contributed by atoms with E-state index in [1.165, 1.54) is 12.1 Å². The number of nitrogens with one attached hydrogen (secondary N) is 2. The first-order chi connectivity index (χ1) is 13.9. The zero-order valence-corrected chi connectivity index (χ0v) is 17.2. The van der Waals surface area contributed by atoms with Crippen molar-refractivity contribution in [3.05, 3.63) is 87.4 Å². The molecule has 2 N–H and O–H groups in total. The number of carbonyl (C=O) groups is 2. The van der Waals surface area contributed by atoms with Crippen molar-refractivity contribution in [3.8, 4) is 5.75 Å². The number of anilines is 2. The van der Waals surface area contributed by atoms with E-state index in [9.17, 15) is 9.59 Å². The molecule has 0 bridgehead atoms. The molecule has 3 rings (SSSR count). The Bertz CT molecular complexity index is 1040. The molecule has 0 saturated carbocycles. The van der Waals surface area contributed by atoms with E-state index >= 15 is 0 Å². The van der Waals surface area contributed by atoms with Crippen molar-refractivity contribution in [3.63, 3.8) is 0 Å². The highest BCUT2D eigenvalue weighted by atomic mass is 35.5. The Morgan fingerprint density at radius 1 is 0.828 bits per heavy atom. The van der Waals surface area contributed by atoms with Crippen molar-refractivity contribution in [1.82, 2.24) is 0 Å². The Labute approximate surface area is 182 Å². The minimum atomic E-state index is -0.395. The number of amides is 2. The molecule has 3 aromatic rings. The SMILES string of the molecule is O=C(COc1ccc(Cl)cc1Cl)Nc1ccc(NC(=O)c2ccccc2)c(Cl)c1. The van der Waals surface area contributed by atoms with Gasteiger partial charge in [0.25, 0.3) is 11.8 Å². The first-order valence-electron chi connectivity index (χ1n) is 8.46. The van der Waals surface area contributed by atoms with Gasteiger partial charge in [-0.2, -0.15) is 0 Å². The third kappa shape index (κ3) is 5.87. The third-order valence-electron chi connectivity index (χ3n) is 3.79. The van der Waals surface area contributed by atoms with Crippen molar-refractivity contribution < 1.29 is 14.3 Å². The van der Waals surface area contributed by atoms with Crippen LogP contribution in [0.25, 0.3) is 0 Å². The maximum Gasteiger partial charge on any atom is 0.262 e. The molecule has 0 spiro atoms. The Hall–Kier alpha value is -2.73. The number of benzene rings is 3. The predicted molar refractivity (Wildman–Crippen MR) is 116 cm³/mol. The number of rotatable bonds is 6. The average Bonchev–Trinajstić information content (AvgIpc) is 2.70. The largest absolute Gasteiger partial charge is 0.482 e.